The Bertz CT molecular complexity index is 466. The molecule has 0 aliphatic heterocycles. The molecule has 150 valence electrons. The number of alkyl carbamates (subject to hydrolysis) is 1. The Labute approximate surface area is 155 Å². The first-order valence-electron chi connectivity index (χ1n) is 9.14. The Hall–Kier alpha value is -1.99. The quantitative estimate of drug-likeness (QED) is 0.269. The third-order valence-electron chi connectivity index (χ3n) is 3.70. The number of amides is 1. The molecule has 9 heteroatoms. The molecule has 0 saturated heterocycles. The largest absolute Gasteiger partial charge is 0.480 e. The number of ether oxygens (including phenoxy) is 1. The zero-order valence-electron chi connectivity index (χ0n) is 16.1. The highest BCUT2D eigenvalue weighted by molar-refractivity contribution is 5.79. The summed E-state index contributed by atoms with van der Waals surface area (Å²) in [6, 6.07) is -0.463. The lowest BCUT2D eigenvalue weighted by Crippen LogP contribution is -2.43. The van der Waals surface area contributed by atoms with E-state index in [1.807, 2.05) is 0 Å². The molecule has 4 N–H and O–H groups in total. The van der Waals surface area contributed by atoms with Gasteiger partial charge in [-0.05, 0) is 52.0 Å². The van der Waals surface area contributed by atoms with E-state index >= 15 is 0 Å². The van der Waals surface area contributed by atoms with E-state index in [0.29, 0.717) is 25.4 Å². The van der Waals surface area contributed by atoms with Crippen LogP contribution in [0, 0.1) is 0 Å². The molecule has 26 heavy (non-hydrogen) atoms. The Morgan fingerprint density at radius 2 is 1.92 bits per heavy atom. The predicted molar refractivity (Wildman–Crippen MR) is 99.7 cm³/mol. The highest BCUT2D eigenvalue weighted by Gasteiger charge is 2.23. The Morgan fingerprint density at radius 3 is 2.35 bits per heavy atom. The van der Waals surface area contributed by atoms with E-state index < -0.39 is 23.7 Å². The maximum absolute atomic E-state index is 11.4. The Morgan fingerprint density at radius 1 is 1.31 bits per heavy atom. The number of rotatable bonds is 7. The van der Waals surface area contributed by atoms with Crippen LogP contribution < -0.4 is 11.1 Å². The Kier molecular flexibility index (Phi) is 12.2. The molecule has 1 amide bonds. The number of azide groups is 1. The van der Waals surface area contributed by atoms with Gasteiger partial charge in [0, 0.05) is 17.5 Å². The number of nitrogens with one attached hydrogen (secondary N) is 1. The summed E-state index contributed by atoms with van der Waals surface area (Å²) in [5.74, 6) is -1.12. The van der Waals surface area contributed by atoms with Crippen molar-refractivity contribution < 1.29 is 19.4 Å². The fourth-order valence-electron chi connectivity index (χ4n) is 2.42. The van der Waals surface area contributed by atoms with Crippen LogP contribution in [0.1, 0.15) is 72.1 Å². The lowest BCUT2D eigenvalue weighted by atomic mass is 9.97. The number of hydrogen-bond acceptors (Lipinski definition) is 5. The smallest absolute Gasteiger partial charge is 0.408 e. The normalized spacial score (nSPS) is 15.7. The number of aliphatic carboxylic acids is 1. The van der Waals surface area contributed by atoms with Crippen LogP contribution in [0.4, 0.5) is 4.79 Å². The minimum atomic E-state index is -1.12. The van der Waals surface area contributed by atoms with Crippen molar-refractivity contribution in [3.8, 4) is 0 Å². The summed E-state index contributed by atoms with van der Waals surface area (Å²) in [5.41, 5.74) is 13.0. The number of carboxylic acid groups (broad SMARTS) is 1. The van der Waals surface area contributed by atoms with Gasteiger partial charge in [-0.15, -0.1) is 0 Å². The zero-order valence-corrected chi connectivity index (χ0v) is 16.1. The van der Waals surface area contributed by atoms with Gasteiger partial charge in [-0.3, -0.25) is 0 Å². The fraction of sp³-hybridized carbons (Fsp3) is 0.882. The van der Waals surface area contributed by atoms with Crippen LogP contribution in [0.25, 0.3) is 10.4 Å². The molecule has 1 fully saturated rings. The van der Waals surface area contributed by atoms with Crippen molar-refractivity contribution in [2.75, 3.05) is 6.54 Å². The van der Waals surface area contributed by atoms with E-state index in [1.54, 1.807) is 20.8 Å². The van der Waals surface area contributed by atoms with E-state index in [4.69, 9.17) is 21.1 Å². The number of unbranched alkanes of at least 4 members (excludes halogenated alkanes) is 1. The fourth-order valence-corrected chi connectivity index (χ4v) is 2.42. The van der Waals surface area contributed by atoms with Crippen LogP contribution >= 0.6 is 0 Å². The van der Waals surface area contributed by atoms with E-state index in [1.165, 1.54) is 32.1 Å². The summed E-state index contributed by atoms with van der Waals surface area (Å²) in [6.45, 7) is 5.40. The molecule has 0 heterocycles. The maximum Gasteiger partial charge on any atom is 0.408 e. The van der Waals surface area contributed by atoms with Crippen LogP contribution in [0.3, 0.4) is 0 Å². The van der Waals surface area contributed by atoms with Crippen molar-refractivity contribution in [2.45, 2.75) is 89.8 Å². The predicted octanol–water partition coefficient (Wildman–Crippen LogP) is 3.72. The summed E-state index contributed by atoms with van der Waals surface area (Å²) >= 11 is 0. The van der Waals surface area contributed by atoms with Crippen molar-refractivity contribution >= 4 is 12.1 Å². The van der Waals surface area contributed by atoms with Gasteiger partial charge in [0.15, 0.2) is 0 Å². The minimum absolute atomic E-state index is 0.259. The number of carbonyl (C=O) groups is 2. The van der Waals surface area contributed by atoms with Crippen molar-refractivity contribution in [2.24, 2.45) is 10.8 Å². The van der Waals surface area contributed by atoms with Crippen molar-refractivity contribution in [3.05, 3.63) is 10.4 Å². The first-order chi connectivity index (χ1) is 12.2. The summed E-state index contributed by atoms with van der Waals surface area (Å²) in [6.07, 6.45) is 7.27. The summed E-state index contributed by atoms with van der Waals surface area (Å²) in [7, 11) is 0. The number of hydrogen-bond donors (Lipinski definition) is 3. The molecular formula is C17H33N5O4. The second-order valence-corrected chi connectivity index (χ2v) is 7.39. The van der Waals surface area contributed by atoms with Gasteiger partial charge in [0.1, 0.15) is 11.6 Å². The number of carbonyl (C=O) groups excluding carboxylic acids is 1. The lowest BCUT2D eigenvalue weighted by molar-refractivity contribution is -0.139. The highest BCUT2D eigenvalue weighted by atomic mass is 16.6. The zero-order chi connectivity index (χ0) is 20.0. The molecule has 0 unspecified atom stereocenters. The summed E-state index contributed by atoms with van der Waals surface area (Å²) < 4.78 is 4.98. The molecule has 0 aromatic heterocycles. The van der Waals surface area contributed by atoms with Crippen LogP contribution in [0.2, 0.25) is 0 Å². The number of carboxylic acids is 1. The van der Waals surface area contributed by atoms with Crippen LogP contribution in [-0.4, -0.2) is 41.4 Å². The number of nitrogens with zero attached hydrogens (tertiary/aromatic N) is 3. The van der Waals surface area contributed by atoms with Crippen molar-refractivity contribution in [1.82, 2.24) is 5.32 Å². The van der Waals surface area contributed by atoms with Crippen LogP contribution in [0.15, 0.2) is 5.11 Å². The van der Waals surface area contributed by atoms with Crippen molar-refractivity contribution in [3.63, 3.8) is 0 Å². The lowest BCUT2D eigenvalue weighted by Gasteiger charge is -2.21. The molecule has 0 bridgehead atoms. The third-order valence-corrected chi connectivity index (χ3v) is 3.70. The molecule has 0 radical (unpaired) electrons. The molecule has 1 rings (SSSR count). The molecule has 1 saturated carbocycles. The third kappa shape index (κ3) is 14.4. The van der Waals surface area contributed by atoms with E-state index in [2.05, 4.69) is 15.3 Å². The molecule has 0 aromatic rings. The van der Waals surface area contributed by atoms with E-state index in [-0.39, 0.29) is 6.42 Å². The molecule has 1 aliphatic carbocycles. The summed E-state index contributed by atoms with van der Waals surface area (Å²) in [4.78, 5) is 25.0. The van der Waals surface area contributed by atoms with Crippen molar-refractivity contribution in [1.29, 1.82) is 0 Å². The SMILES string of the molecule is CC(C)(C)OC(=O)N[C@@H](CCCCN=[N+]=[N-])C(=O)O.NC1CCCCC1. The van der Waals surface area contributed by atoms with E-state index in [0.717, 1.165) is 0 Å². The molecule has 1 aliphatic rings. The topological polar surface area (TPSA) is 150 Å². The number of nitrogens with two attached hydrogens (primary N) is 1. The average Bonchev–Trinajstić information content (AvgIpc) is 2.53. The van der Waals surface area contributed by atoms with Gasteiger partial charge in [0.2, 0.25) is 0 Å². The monoisotopic (exact) mass is 371 g/mol. The molecule has 0 aromatic carbocycles. The minimum Gasteiger partial charge on any atom is -0.480 e. The Balaban J connectivity index is 0.000000735. The van der Waals surface area contributed by atoms with Crippen LogP contribution in [0.5, 0.6) is 0 Å². The highest BCUT2D eigenvalue weighted by Crippen LogP contribution is 2.14. The maximum atomic E-state index is 11.4. The second-order valence-electron chi connectivity index (χ2n) is 7.39. The van der Waals surface area contributed by atoms with Gasteiger partial charge in [0.25, 0.3) is 0 Å². The molecule has 0 spiro atoms. The second kappa shape index (κ2) is 13.2. The standard InChI is InChI=1S/C11H20N4O4.C6H13N/c1-11(2,3)19-10(18)14-8(9(16)17)6-4-5-7-13-15-12;7-6-4-2-1-3-5-6/h8H,4-7H2,1-3H3,(H,14,18)(H,16,17);6H,1-5,7H2/t8-;/m0./s1. The average molecular weight is 371 g/mol. The van der Waals surface area contributed by atoms with Crippen LogP contribution in [-0.2, 0) is 9.53 Å². The summed E-state index contributed by atoms with van der Waals surface area (Å²) in [5, 5.41) is 14.6. The molecule has 9 nitrogen and oxygen atoms in total. The molecule has 1 atom stereocenters. The first kappa shape index (κ1) is 24.0. The van der Waals surface area contributed by atoms with Gasteiger partial charge in [-0.2, -0.15) is 0 Å². The van der Waals surface area contributed by atoms with Gasteiger partial charge < -0.3 is 20.9 Å². The van der Waals surface area contributed by atoms with E-state index in [9.17, 15) is 9.59 Å². The van der Waals surface area contributed by atoms with Gasteiger partial charge >= 0.3 is 12.1 Å². The van der Waals surface area contributed by atoms with Gasteiger partial charge in [-0.1, -0.05) is 30.8 Å². The first-order valence-corrected chi connectivity index (χ1v) is 9.14. The van der Waals surface area contributed by atoms with Gasteiger partial charge in [-0.25, -0.2) is 9.59 Å². The molecular weight excluding hydrogens is 338 g/mol. The van der Waals surface area contributed by atoms with Gasteiger partial charge in [0.05, 0.1) is 0 Å².